The van der Waals surface area contributed by atoms with Gasteiger partial charge in [-0.3, -0.25) is 4.79 Å². The van der Waals surface area contributed by atoms with Crippen LogP contribution < -0.4 is 4.74 Å². The molecule has 0 saturated carbocycles. The summed E-state index contributed by atoms with van der Waals surface area (Å²) in [6.07, 6.45) is 0.999. The van der Waals surface area contributed by atoms with Crippen molar-refractivity contribution in [1.82, 2.24) is 4.90 Å². The monoisotopic (exact) mass is 293 g/mol. The van der Waals surface area contributed by atoms with Crippen molar-refractivity contribution in [3.63, 3.8) is 0 Å². The highest BCUT2D eigenvalue weighted by atomic mass is 16.5. The van der Waals surface area contributed by atoms with Gasteiger partial charge in [0, 0.05) is 13.5 Å². The quantitative estimate of drug-likeness (QED) is 0.839. The third-order valence-electron chi connectivity index (χ3n) is 3.72. The minimum atomic E-state index is -1.34. The van der Waals surface area contributed by atoms with Crippen molar-refractivity contribution >= 4 is 11.9 Å². The molecule has 0 aliphatic carbocycles. The number of aliphatic carboxylic acids is 1. The molecule has 1 atom stereocenters. The number of carbonyl (C=O) groups is 2. The summed E-state index contributed by atoms with van der Waals surface area (Å²) in [5.74, 6) is -0.602. The molecule has 0 radical (unpaired) electrons. The first-order chi connectivity index (χ1) is 9.93. The van der Waals surface area contributed by atoms with Crippen LogP contribution >= 0.6 is 0 Å². The first-order valence-corrected chi connectivity index (χ1v) is 7.10. The standard InChI is InChI=1S/C16H23NO4/c1-5-11-17(12(3)18)16(6-2,15(19)20)13-7-9-14(21-4)10-8-13/h7-10H,5-6,11H2,1-4H3,(H,19,20). The number of ether oxygens (including phenoxy) is 1. The van der Waals surface area contributed by atoms with Crippen molar-refractivity contribution in [2.24, 2.45) is 0 Å². The van der Waals surface area contributed by atoms with E-state index in [1.165, 1.54) is 11.8 Å². The molecule has 1 aromatic rings. The van der Waals surface area contributed by atoms with Crippen LogP contribution in [-0.4, -0.2) is 35.5 Å². The van der Waals surface area contributed by atoms with Crippen LogP contribution in [0.15, 0.2) is 24.3 Å². The summed E-state index contributed by atoms with van der Waals surface area (Å²) < 4.78 is 5.10. The van der Waals surface area contributed by atoms with Crippen LogP contribution in [0, 0.1) is 0 Å². The number of carbonyl (C=O) groups excluding carboxylic acids is 1. The molecule has 1 N–H and O–H groups in total. The Bertz CT molecular complexity index is 498. The summed E-state index contributed by atoms with van der Waals surface area (Å²) in [6.45, 7) is 5.52. The molecule has 0 aliphatic rings. The molecule has 1 rings (SSSR count). The minimum Gasteiger partial charge on any atom is -0.497 e. The molecule has 0 fully saturated rings. The molecule has 1 aromatic carbocycles. The Morgan fingerprint density at radius 2 is 1.81 bits per heavy atom. The average Bonchev–Trinajstić information content (AvgIpc) is 2.47. The summed E-state index contributed by atoms with van der Waals surface area (Å²) in [4.78, 5) is 25.4. The zero-order valence-corrected chi connectivity index (χ0v) is 13.0. The van der Waals surface area contributed by atoms with Gasteiger partial charge in [0.15, 0.2) is 5.54 Å². The Balaban J connectivity index is 3.42. The van der Waals surface area contributed by atoms with E-state index in [1.807, 2.05) is 6.92 Å². The maximum atomic E-state index is 12.0. The molecule has 5 heteroatoms. The van der Waals surface area contributed by atoms with E-state index in [9.17, 15) is 14.7 Å². The third kappa shape index (κ3) is 3.17. The predicted molar refractivity (Wildman–Crippen MR) is 80.3 cm³/mol. The second-order valence-electron chi connectivity index (χ2n) is 4.92. The number of methoxy groups -OCH3 is 1. The van der Waals surface area contributed by atoms with Crippen molar-refractivity contribution in [1.29, 1.82) is 0 Å². The minimum absolute atomic E-state index is 0.239. The molecule has 0 aliphatic heterocycles. The van der Waals surface area contributed by atoms with E-state index in [1.54, 1.807) is 38.3 Å². The van der Waals surface area contributed by atoms with Crippen LogP contribution in [-0.2, 0) is 15.1 Å². The largest absolute Gasteiger partial charge is 0.497 e. The van der Waals surface area contributed by atoms with E-state index in [2.05, 4.69) is 0 Å². The van der Waals surface area contributed by atoms with Crippen LogP contribution in [0.2, 0.25) is 0 Å². The molecule has 0 heterocycles. The molecule has 0 saturated heterocycles. The Hall–Kier alpha value is -2.04. The van der Waals surface area contributed by atoms with Crippen LogP contribution in [0.1, 0.15) is 39.2 Å². The van der Waals surface area contributed by atoms with Gasteiger partial charge in [0.25, 0.3) is 0 Å². The highest BCUT2D eigenvalue weighted by Crippen LogP contribution is 2.34. The first kappa shape index (κ1) is 17.0. The van der Waals surface area contributed by atoms with Crippen LogP contribution in [0.4, 0.5) is 0 Å². The van der Waals surface area contributed by atoms with Crippen LogP contribution in [0.5, 0.6) is 5.75 Å². The van der Waals surface area contributed by atoms with Crippen molar-refractivity contribution in [2.45, 2.75) is 39.2 Å². The highest BCUT2D eigenvalue weighted by Gasteiger charge is 2.45. The lowest BCUT2D eigenvalue weighted by molar-refractivity contribution is -0.160. The number of carboxylic acids is 1. The van der Waals surface area contributed by atoms with Gasteiger partial charge in [0.05, 0.1) is 7.11 Å². The van der Waals surface area contributed by atoms with E-state index in [0.717, 1.165) is 0 Å². The number of benzene rings is 1. The van der Waals surface area contributed by atoms with Crippen molar-refractivity contribution < 1.29 is 19.4 Å². The fraction of sp³-hybridized carbons (Fsp3) is 0.500. The van der Waals surface area contributed by atoms with Crippen LogP contribution in [0.3, 0.4) is 0 Å². The van der Waals surface area contributed by atoms with E-state index in [4.69, 9.17) is 4.74 Å². The van der Waals surface area contributed by atoms with Gasteiger partial charge >= 0.3 is 5.97 Å². The second-order valence-corrected chi connectivity index (χ2v) is 4.92. The third-order valence-corrected chi connectivity index (χ3v) is 3.72. The average molecular weight is 293 g/mol. The number of rotatable bonds is 7. The number of hydrogen-bond donors (Lipinski definition) is 1. The van der Waals surface area contributed by atoms with Gasteiger partial charge in [-0.05, 0) is 30.5 Å². The van der Waals surface area contributed by atoms with Gasteiger partial charge in [-0.25, -0.2) is 4.79 Å². The second kappa shape index (κ2) is 7.11. The number of carboxylic acid groups (broad SMARTS) is 1. The molecule has 1 unspecified atom stereocenters. The molecule has 0 bridgehead atoms. The van der Waals surface area contributed by atoms with Gasteiger partial charge in [0.1, 0.15) is 5.75 Å². The zero-order valence-electron chi connectivity index (χ0n) is 13.0. The Morgan fingerprint density at radius 3 is 2.14 bits per heavy atom. The first-order valence-electron chi connectivity index (χ1n) is 7.10. The van der Waals surface area contributed by atoms with Crippen molar-refractivity contribution in [3.05, 3.63) is 29.8 Å². The smallest absolute Gasteiger partial charge is 0.334 e. The highest BCUT2D eigenvalue weighted by molar-refractivity contribution is 5.87. The maximum Gasteiger partial charge on any atom is 0.334 e. The number of nitrogens with zero attached hydrogens (tertiary/aromatic N) is 1. The molecular formula is C16H23NO4. The zero-order chi connectivity index (χ0) is 16.0. The summed E-state index contributed by atoms with van der Waals surface area (Å²) >= 11 is 0. The lowest BCUT2D eigenvalue weighted by Crippen LogP contribution is -2.54. The maximum absolute atomic E-state index is 12.0. The Kier molecular flexibility index (Phi) is 5.76. The fourth-order valence-electron chi connectivity index (χ4n) is 2.65. The van der Waals surface area contributed by atoms with Gasteiger partial charge in [0.2, 0.25) is 5.91 Å². The summed E-state index contributed by atoms with van der Waals surface area (Å²) in [6, 6.07) is 6.85. The molecule has 0 aromatic heterocycles. The lowest BCUT2D eigenvalue weighted by Gasteiger charge is -2.40. The van der Waals surface area contributed by atoms with Crippen LogP contribution in [0.25, 0.3) is 0 Å². The topological polar surface area (TPSA) is 66.8 Å². The summed E-state index contributed by atoms with van der Waals surface area (Å²) in [5, 5.41) is 9.82. The fourth-order valence-corrected chi connectivity index (χ4v) is 2.65. The van der Waals surface area contributed by atoms with Crippen molar-refractivity contribution in [3.8, 4) is 5.75 Å². The normalized spacial score (nSPS) is 13.3. The van der Waals surface area contributed by atoms with E-state index in [-0.39, 0.29) is 5.91 Å². The van der Waals surface area contributed by atoms with Crippen molar-refractivity contribution in [2.75, 3.05) is 13.7 Å². The van der Waals surface area contributed by atoms with Gasteiger partial charge in [-0.15, -0.1) is 0 Å². The summed E-state index contributed by atoms with van der Waals surface area (Å²) in [7, 11) is 1.55. The molecule has 0 spiro atoms. The van der Waals surface area contributed by atoms with Gasteiger partial charge in [-0.1, -0.05) is 26.0 Å². The Morgan fingerprint density at radius 1 is 1.24 bits per heavy atom. The number of amides is 1. The Labute approximate surface area is 125 Å². The lowest BCUT2D eigenvalue weighted by atomic mass is 9.85. The molecule has 116 valence electrons. The predicted octanol–water partition coefficient (Wildman–Crippen LogP) is 2.64. The molecule has 1 amide bonds. The molecule has 5 nitrogen and oxygen atoms in total. The molecule has 21 heavy (non-hydrogen) atoms. The number of hydrogen-bond acceptors (Lipinski definition) is 3. The van der Waals surface area contributed by atoms with E-state index < -0.39 is 11.5 Å². The van der Waals surface area contributed by atoms with Gasteiger partial charge in [-0.2, -0.15) is 0 Å². The van der Waals surface area contributed by atoms with E-state index in [0.29, 0.717) is 30.7 Å². The molecular weight excluding hydrogens is 270 g/mol. The SMILES string of the molecule is CCCN(C(C)=O)C(CC)(C(=O)O)c1ccc(OC)cc1. The van der Waals surface area contributed by atoms with Gasteiger partial charge < -0.3 is 14.7 Å². The van der Waals surface area contributed by atoms with E-state index >= 15 is 0 Å². The summed E-state index contributed by atoms with van der Waals surface area (Å²) in [5.41, 5.74) is -0.754.